The minimum atomic E-state index is -0.0866. The number of amides is 1. The second-order valence-electron chi connectivity index (χ2n) is 3.72. The second kappa shape index (κ2) is 2.90. The van der Waals surface area contributed by atoms with Crippen molar-refractivity contribution in [1.82, 2.24) is 4.90 Å². The Morgan fingerprint density at radius 3 is 3.08 bits per heavy atom. The van der Waals surface area contributed by atoms with Crippen molar-refractivity contribution in [3.63, 3.8) is 0 Å². The molecule has 0 aromatic heterocycles. The Labute approximate surface area is 78.2 Å². The molecule has 0 fully saturated rings. The predicted molar refractivity (Wildman–Crippen MR) is 51.1 cm³/mol. The highest BCUT2D eigenvalue weighted by Crippen LogP contribution is 2.22. The molecule has 68 valence electrons. The van der Waals surface area contributed by atoms with Gasteiger partial charge in [-0.1, -0.05) is 12.2 Å². The van der Waals surface area contributed by atoms with Crippen LogP contribution in [0.3, 0.4) is 0 Å². The van der Waals surface area contributed by atoms with Gasteiger partial charge >= 0.3 is 0 Å². The summed E-state index contributed by atoms with van der Waals surface area (Å²) in [5.41, 5.74) is 4.38. The van der Waals surface area contributed by atoms with Gasteiger partial charge in [0.05, 0.1) is 12.0 Å². The Kier molecular flexibility index (Phi) is 1.86. The monoisotopic (exact) mass is 175 g/mol. The molecular weight excluding hydrogens is 162 g/mol. The molecule has 0 N–H and O–H groups in total. The number of carbonyl (C=O) groups is 1. The number of fused-ring (bicyclic) bond motifs is 2. The van der Waals surface area contributed by atoms with E-state index in [1.54, 1.807) is 0 Å². The Balaban J connectivity index is 2.45. The van der Waals surface area contributed by atoms with Gasteiger partial charge in [-0.25, -0.2) is 0 Å². The predicted octanol–water partition coefficient (Wildman–Crippen LogP) is 1.50. The van der Waals surface area contributed by atoms with Gasteiger partial charge in [-0.05, 0) is 25.0 Å². The van der Waals surface area contributed by atoms with Crippen molar-refractivity contribution in [3.05, 3.63) is 29.5 Å². The topological polar surface area (TPSA) is 20.3 Å². The lowest BCUT2D eigenvalue weighted by Gasteiger charge is -2.32. The van der Waals surface area contributed by atoms with Crippen LogP contribution in [0.5, 0.6) is 0 Å². The van der Waals surface area contributed by atoms with E-state index in [-0.39, 0.29) is 17.9 Å². The van der Waals surface area contributed by atoms with Crippen LogP contribution in [-0.2, 0) is 4.79 Å². The molecule has 2 atom stereocenters. The number of rotatable bonds is 0. The highest BCUT2D eigenvalue weighted by molar-refractivity contribution is 5.84. The van der Waals surface area contributed by atoms with Crippen LogP contribution in [0.2, 0.25) is 0 Å². The Morgan fingerprint density at radius 1 is 1.54 bits per heavy atom. The van der Waals surface area contributed by atoms with Gasteiger partial charge in [0.25, 0.3) is 0 Å². The van der Waals surface area contributed by atoms with Crippen LogP contribution >= 0.6 is 0 Å². The van der Waals surface area contributed by atoms with Gasteiger partial charge in [-0.15, -0.1) is 5.73 Å². The summed E-state index contributed by atoms with van der Waals surface area (Å²) in [5, 5.41) is 0. The van der Waals surface area contributed by atoms with Crippen LogP contribution in [0.15, 0.2) is 29.5 Å². The molecule has 2 nitrogen and oxygen atoms in total. The first-order valence-electron chi connectivity index (χ1n) is 4.56. The van der Waals surface area contributed by atoms with Crippen LogP contribution < -0.4 is 0 Å². The molecule has 0 saturated carbocycles. The number of carbonyl (C=O) groups excluding carboxylic acids is 1. The van der Waals surface area contributed by atoms with Crippen molar-refractivity contribution in [3.8, 4) is 0 Å². The minimum absolute atomic E-state index is 0.0866. The zero-order valence-electron chi connectivity index (χ0n) is 7.95. The Hall–Kier alpha value is -1.27. The molecule has 2 bridgehead atoms. The van der Waals surface area contributed by atoms with Crippen LogP contribution in [0.4, 0.5) is 0 Å². The quantitative estimate of drug-likeness (QED) is 0.403. The van der Waals surface area contributed by atoms with Gasteiger partial charge in [0.1, 0.15) is 0 Å². The molecule has 2 heteroatoms. The second-order valence-corrected chi connectivity index (χ2v) is 3.72. The van der Waals surface area contributed by atoms with Crippen molar-refractivity contribution in [1.29, 1.82) is 0 Å². The molecule has 3 rings (SSSR count). The van der Waals surface area contributed by atoms with Gasteiger partial charge in [0, 0.05) is 7.05 Å². The SMILES string of the molecule is CC1=C=C[C@@H]2C=C[C@H](C1)N(C)C2=O. The molecule has 2 heterocycles. The summed E-state index contributed by atoms with van der Waals surface area (Å²) in [6.45, 7) is 2.06. The van der Waals surface area contributed by atoms with Gasteiger partial charge < -0.3 is 4.90 Å². The van der Waals surface area contributed by atoms with Gasteiger partial charge in [-0.3, -0.25) is 4.79 Å². The van der Waals surface area contributed by atoms with Crippen LogP contribution in [0.1, 0.15) is 13.3 Å². The lowest BCUT2D eigenvalue weighted by atomic mass is 9.93. The van der Waals surface area contributed by atoms with E-state index in [1.165, 1.54) is 5.57 Å². The maximum Gasteiger partial charge on any atom is 0.234 e. The molecule has 2 aliphatic heterocycles. The number of hydrogen-bond donors (Lipinski definition) is 0. The van der Waals surface area contributed by atoms with Gasteiger partial charge in [0.15, 0.2) is 0 Å². The largest absolute Gasteiger partial charge is 0.338 e. The Bertz CT molecular complexity index is 332. The molecule has 3 aliphatic rings. The zero-order valence-corrected chi connectivity index (χ0v) is 7.95. The highest BCUT2D eigenvalue weighted by atomic mass is 16.2. The van der Waals surface area contributed by atoms with E-state index < -0.39 is 0 Å². The van der Waals surface area contributed by atoms with Crippen LogP contribution in [-0.4, -0.2) is 23.9 Å². The normalized spacial score (nSPS) is 31.7. The fraction of sp³-hybridized carbons (Fsp3) is 0.455. The van der Waals surface area contributed by atoms with E-state index in [9.17, 15) is 4.79 Å². The summed E-state index contributed by atoms with van der Waals surface area (Å²) in [6, 6.07) is 0.241. The van der Waals surface area contributed by atoms with Crippen molar-refractivity contribution in [2.45, 2.75) is 19.4 Å². The number of likely N-dealkylation sites (N-methyl/N-ethyl adjacent to an activating group) is 1. The Morgan fingerprint density at radius 2 is 2.31 bits per heavy atom. The van der Waals surface area contributed by atoms with E-state index in [1.807, 2.05) is 24.1 Å². The summed E-state index contributed by atoms with van der Waals surface area (Å²) >= 11 is 0. The van der Waals surface area contributed by atoms with Crippen LogP contribution in [0, 0.1) is 5.92 Å². The summed E-state index contributed by atoms with van der Waals surface area (Å²) < 4.78 is 0. The molecule has 0 aromatic carbocycles. The van der Waals surface area contributed by atoms with Crippen molar-refractivity contribution < 1.29 is 4.79 Å². The third-order valence-electron chi connectivity index (χ3n) is 2.70. The van der Waals surface area contributed by atoms with Crippen LogP contribution in [0.25, 0.3) is 0 Å². The molecule has 0 saturated heterocycles. The minimum Gasteiger partial charge on any atom is -0.338 e. The lowest BCUT2D eigenvalue weighted by molar-refractivity contribution is -0.133. The molecular formula is C11H13NO. The molecule has 0 spiro atoms. The van der Waals surface area contributed by atoms with E-state index in [0.29, 0.717) is 0 Å². The molecule has 1 amide bonds. The third kappa shape index (κ3) is 1.34. The summed E-state index contributed by atoms with van der Waals surface area (Å²) in [5.74, 6) is 0.101. The van der Waals surface area contributed by atoms with Gasteiger partial charge in [-0.2, -0.15) is 0 Å². The van der Waals surface area contributed by atoms with E-state index in [4.69, 9.17) is 0 Å². The molecule has 0 aromatic rings. The van der Waals surface area contributed by atoms with E-state index in [0.717, 1.165) is 6.42 Å². The molecule has 0 radical (unpaired) electrons. The smallest absolute Gasteiger partial charge is 0.234 e. The molecule has 13 heavy (non-hydrogen) atoms. The first kappa shape index (κ1) is 8.33. The number of nitrogens with zero attached hydrogens (tertiary/aromatic N) is 1. The lowest BCUT2D eigenvalue weighted by Crippen LogP contribution is -2.42. The molecule has 0 unspecified atom stereocenters. The maximum absolute atomic E-state index is 11.7. The highest BCUT2D eigenvalue weighted by Gasteiger charge is 2.28. The standard InChI is InChI=1S/C11H13NO/c1-8-3-4-9-5-6-10(7-8)12(2)11(9)13/h4-6,9-10H,7H2,1-2H3/t3?,9-,10-/m1/s1. The summed E-state index contributed by atoms with van der Waals surface area (Å²) in [6.07, 6.45) is 6.86. The molecule has 1 aliphatic carbocycles. The third-order valence-corrected chi connectivity index (χ3v) is 2.70. The first-order valence-corrected chi connectivity index (χ1v) is 4.56. The zero-order chi connectivity index (χ0) is 9.42. The van der Waals surface area contributed by atoms with Crippen molar-refractivity contribution >= 4 is 5.91 Å². The van der Waals surface area contributed by atoms with E-state index >= 15 is 0 Å². The summed E-state index contributed by atoms with van der Waals surface area (Å²) in [4.78, 5) is 13.5. The number of hydrogen-bond acceptors (Lipinski definition) is 1. The fourth-order valence-corrected chi connectivity index (χ4v) is 1.79. The van der Waals surface area contributed by atoms with E-state index in [2.05, 4.69) is 18.7 Å². The fourth-order valence-electron chi connectivity index (χ4n) is 1.79. The van der Waals surface area contributed by atoms with Crippen molar-refractivity contribution in [2.24, 2.45) is 5.92 Å². The average molecular weight is 175 g/mol. The first-order chi connectivity index (χ1) is 6.18. The maximum atomic E-state index is 11.7. The van der Waals surface area contributed by atoms with Crippen molar-refractivity contribution in [2.75, 3.05) is 7.05 Å². The summed E-state index contributed by atoms with van der Waals surface area (Å²) in [7, 11) is 1.87. The van der Waals surface area contributed by atoms with Gasteiger partial charge in [0.2, 0.25) is 5.91 Å². The average Bonchev–Trinajstić information content (AvgIpc) is 2.08.